The molecule has 3 nitrogen and oxygen atoms in total. The Labute approximate surface area is 105 Å². The van der Waals surface area contributed by atoms with Crippen molar-refractivity contribution in [1.82, 2.24) is 4.90 Å². The van der Waals surface area contributed by atoms with E-state index in [1.54, 1.807) is 0 Å². The Morgan fingerprint density at radius 3 is 2.94 bits per heavy atom. The minimum Gasteiger partial charge on any atom is -0.370 e. The molecule has 1 fully saturated rings. The zero-order chi connectivity index (χ0) is 12.5. The molecule has 1 aliphatic carbocycles. The van der Waals surface area contributed by atoms with Crippen LogP contribution in [0, 0.1) is 5.92 Å². The topological polar surface area (TPSA) is 41.6 Å². The van der Waals surface area contributed by atoms with Crippen LogP contribution < -0.4 is 5.73 Å². The molecule has 0 aromatic carbocycles. The Hall–Kier alpha value is -0.730. The average molecular weight is 237 g/mol. The number of rotatable bonds is 3. The van der Waals surface area contributed by atoms with Gasteiger partial charge in [-0.2, -0.15) is 0 Å². The summed E-state index contributed by atoms with van der Waals surface area (Å²) in [4.78, 5) is 6.99. The first-order valence-electron chi connectivity index (χ1n) is 7.22. The second kappa shape index (κ2) is 4.87. The van der Waals surface area contributed by atoms with E-state index in [9.17, 15) is 0 Å². The highest BCUT2D eigenvalue weighted by Gasteiger charge is 2.46. The van der Waals surface area contributed by atoms with Crippen molar-refractivity contribution in [2.75, 3.05) is 6.54 Å². The number of hydrogen-bond donors (Lipinski definition) is 1. The molecule has 0 saturated heterocycles. The zero-order valence-corrected chi connectivity index (χ0v) is 11.6. The van der Waals surface area contributed by atoms with Gasteiger partial charge in [-0.05, 0) is 32.1 Å². The predicted octanol–water partition coefficient (Wildman–Crippen LogP) is 2.75. The summed E-state index contributed by atoms with van der Waals surface area (Å²) in [7, 11) is 0. The molecule has 1 saturated carbocycles. The van der Waals surface area contributed by atoms with Crippen molar-refractivity contribution in [2.45, 2.75) is 70.9 Å². The Balaban J connectivity index is 2.18. The number of guanidine groups is 1. The van der Waals surface area contributed by atoms with E-state index in [4.69, 9.17) is 5.73 Å². The van der Waals surface area contributed by atoms with Gasteiger partial charge in [-0.15, -0.1) is 0 Å². The van der Waals surface area contributed by atoms with E-state index < -0.39 is 0 Å². The van der Waals surface area contributed by atoms with Crippen LogP contribution in [0.15, 0.2) is 4.99 Å². The number of nitrogens with two attached hydrogens (primary N) is 1. The summed E-state index contributed by atoms with van der Waals surface area (Å²) in [5.41, 5.74) is 6.39. The lowest BCUT2D eigenvalue weighted by Crippen LogP contribution is -2.57. The molecule has 1 spiro atoms. The fraction of sp³-hybridized carbons (Fsp3) is 0.929. The lowest BCUT2D eigenvalue weighted by Gasteiger charge is -2.47. The highest BCUT2D eigenvalue weighted by molar-refractivity contribution is 5.81. The number of nitrogens with zero attached hydrogens (tertiary/aromatic N) is 2. The minimum absolute atomic E-state index is 0.262. The zero-order valence-electron chi connectivity index (χ0n) is 11.6. The van der Waals surface area contributed by atoms with Crippen molar-refractivity contribution >= 4 is 5.96 Å². The SMILES string of the molecule is CCC1CCCC2(CN=C(N)N2C(C)CC)C1. The Bertz CT molecular complexity index is 300. The molecule has 0 aromatic heterocycles. The molecule has 2 aliphatic rings. The quantitative estimate of drug-likeness (QED) is 0.820. The largest absolute Gasteiger partial charge is 0.370 e. The van der Waals surface area contributed by atoms with E-state index >= 15 is 0 Å². The first kappa shape index (κ1) is 12.7. The monoisotopic (exact) mass is 237 g/mol. The van der Waals surface area contributed by atoms with Gasteiger partial charge in [-0.3, -0.25) is 4.99 Å². The maximum Gasteiger partial charge on any atom is 0.192 e. The molecule has 98 valence electrons. The van der Waals surface area contributed by atoms with Crippen LogP contribution in [-0.2, 0) is 0 Å². The number of hydrogen-bond acceptors (Lipinski definition) is 3. The van der Waals surface area contributed by atoms with Crippen LogP contribution in [0.4, 0.5) is 0 Å². The molecule has 1 heterocycles. The molecular formula is C14H27N3. The third kappa shape index (κ3) is 2.16. The van der Waals surface area contributed by atoms with Gasteiger partial charge in [-0.25, -0.2) is 0 Å². The van der Waals surface area contributed by atoms with Gasteiger partial charge in [0.25, 0.3) is 0 Å². The fourth-order valence-corrected chi connectivity index (χ4v) is 3.67. The van der Waals surface area contributed by atoms with Crippen LogP contribution in [0.3, 0.4) is 0 Å². The van der Waals surface area contributed by atoms with Crippen molar-refractivity contribution in [3.8, 4) is 0 Å². The maximum atomic E-state index is 6.12. The summed E-state index contributed by atoms with van der Waals surface area (Å²) in [5.74, 6) is 1.66. The van der Waals surface area contributed by atoms with Crippen LogP contribution in [0.25, 0.3) is 0 Å². The molecule has 17 heavy (non-hydrogen) atoms. The van der Waals surface area contributed by atoms with Crippen molar-refractivity contribution < 1.29 is 0 Å². The van der Waals surface area contributed by atoms with Gasteiger partial charge in [0, 0.05) is 6.04 Å². The first-order chi connectivity index (χ1) is 8.13. The van der Waals surface area contributed by atoms with Crippen LogP contribution in [0.1, 0.15) is 59.3 Å². The smallest absolute Gasteiger partial charge is 0.192 e. The van der Waals surface area contributed by atoms with Crippen LogP contribution in [-0.4, -0.2) is 29.0 Å². The normalized spacial score (nSPS) is 35.1. The fourth-order valence-electron chi connectivity index (χ4n) is 3.67. The first-order valence-corrected chi connectivity index (χ1v) is 7.22. The highest BCUT2D eigenvalue weighted by atomic mass is 15.4. The lowest BCUT2D eigenvalue weighted by atomic mass is 9.73. The Morgan fingerprint density at radius 2 is 2.29 bits per heavy atom. The molecule has 0 amide bonds. The van der Waals surface area contributed by atoms with Crippen LogP contribution in [0.5, 0.6) is 0 Å². The lowest BCUT2D eigenvalue weighted by molar-refractivity contribution is 0.0787. The Morgan fingerprint density at radius 1 is 1.53 bits per heavy atom. The third-order valence-corrected chi connectivity index (χ3v) is 4.83. The van der Waals surface area contributed by atoms with E-state index in [-0.39, 0.29) is 5.54 Å². The van der Waals surface area contributed by atoms with Crippen LogP contribution in [0.2, 0.25) is 0 Å². The summed E-state index contributed by atoms with van der Waals surface area (Å²) in [6.45, 7) is 7.77. The van der Waals surface area contributed by atoms with E-state index in [1.807, 2.05) is 0 Å². The summed E-state index contributed by atoms with van der Waals surface area (Å²) in [6.07, 6.45) is 7.75. The summed E-state index contributed by atoms with van der Waals surface area (Å²) in [5, 5.41) is 0. The van der Waals surface area contributed by atoms with Gasteiger partial charge >= 0.3 is 0 Å². The summed E-state index contributed by atoms with van der Waals surface area (Å²) >= 11 is 0. The second-order valence-corrected chi connectivity index (χ2v) is 5.90. The van der Waals surface area contributed by atoms with Crippen molar-refractivity contribution in [3.63, 3.8) is 0 Å². The maximum absolute atomic E-state index is 6.12. The average Bonchev–Trinajstić information content (AvgIpc) is 2.65. The highest BCUT2D eigenvalue weighted by Crippen LogP contribution is 2.42. The van der Waals surface area contributed by atoms with Crippen molar-refractivity contribution in [3.05, 3.63) is 0 Å². The molecule has 3 heteroatoms. The molecule has 0 aromatic rings. The van der Waals surface area contributed by atoms with Gasteiger partial charge in [0.15, 0.2) is 5.96 Å². The van der Waals surface area contributed by atoms with E-state index in [0.717, 1.165) is 24.8 Å². The summed E-state index contributed by atoms with van der Waals surface area (Å²) < 4.78 is 0. The van der Waals surface area contributed by atoms with Crippen molar-refractivity contribution in [2.24, 2.45) is 16.6 Å². The molecule has 1 aliphatic heterocycles. The van der Waals surface area contributed by atoms with Gasteiger partial charge in [0.2, 0.25) is 0 Å². The molecule has 3 unspecified atom stereocenters. The van der Waals surface area contributed by atoms with Gasteiger partial charge in [-0.1, -0.05) is 33.1 Å². The van der Waals surface area contributed by atoms with E-state index in [0.29, 0.717) is 6.04 Å². The molecule has 3 atom stereocenters. The van der Waals surface area contributed by atoms with E-state index in [1.165, 1.54) is 32.1 Å². The molecule has 0 radical (unpaired) electrons. The standard InChI is InChI=1S/C14H27N3/c1-4-11(3)17-13(15)16-10-14(17)8-6-7-12(5-2)9-14/h11-12H,4-10H2,1-3H3,(H2,15,16). The summed E-state index contributed by atoms with van der Waals surface area (Å²) in [6, 6.07) is 0.525. The third-order valence-electron chi connectivity index (χ3n) is 4.83. The predicted molar refractivity (Wildman–Crippen MR) is 73.1 cm³/mol. The molecule has 2 N–H and O–H groups in total. The molecule has 0 bridgehead atoms. The van der Waals surface area contributed by atoms with Gasteiger partial charge in [0.05, 0.1) is 12.1 Å². The minimum atomic E-state index is 0.262. The van der Waals surface area contributed by atoms with Crippen LogP contribution >= 0.6 is 0 Å². The molecular weight excluding hydrogens is 210 g/mol. The number of aliphatic imine (C=N–C) groups is 1. The van der Waals surface area contributed by atoms with Crippen molar-refractivity contribution in [1.29, 1.82) is 0 Å². The van der Waals surface area contributed by atoms with Gasteiger partial charge < -0.3 is 10.6 Å². The molecule has 2 rings (SSSR count). The Kier molecular flexibility index (Phi) is 3.64. The second-order valence-electron chi connectivity index (χ2n) is 5.90. The van der Waals surface area contributed by atoms with Gasteiger partial charge in [0.1, 0.15) is 0 Å². The van der Waals surface area contributed by atoms with E-state index in [2.05, 4.69) is 30.7 Å².